The Morgan fingerprint density at radius 3 is 2.82 bits per heavy atom. The highest BCUT2D eigenvalue weighted by Gasteiger charge is 2.30. The topological polar surface area (TPSA) is 87.2 Å². The molecule has 1 fully saturated rings. The highest BCUT2D eigenvalue weighted by molar-refractivity contribution is 7.89. The molecule has 2 N–H and O–H groups in total. The van der Waals surface area contributed by atoms with Gasteiger partial charge < -0.3 is 5.73 Å². The molecule has 1 aliphatic rings. The Kier molecular flexibility index (Phi) is 6.75. The van der Waals surface area contributed by atoms with E-state index in [1.165, 1.54) is 10.4 Å². The number of nitrogens with zero attached hydrogens (tertiary/aromatic N) is 2. The molecule has 0 spiro atoms. The second-order valence-corrected chi connectivity index (χ2v) is 7.14. The fourth-order valence-corrected chi connectivity index (χ4v) is 4.20. The minimum atomic E-state index is -3.69. The van der Waals surface area contributed by atoms with Crippen LogP contribution in [0, 0.1) is 23.1 Å². The molecule has 1 aromatic carbocycles. The molecule has 1 atom stereocenters. The minimum absolute atomic E-state index is 0. The first-order chi connectivity index (χ1) is 9.98. The summed E-state index contributed by atoms with van der Waals surface area (Å²) in [7, 11) is -3.69. The van der Waals surface area contributed by atoms with E-state index in [0.29, 0.717) is 19.6 Å². The van der Waals surface area contributed by atoms with Crippen LogP contribution in [-0.4, -0.2) is 32.4 Å². The third-order valence-corrected chi connectivity index (χ3v) is 5.61. The van der Waals surface area contributed by atoms with Crippen LogP contribution in [0.25, 0.3) is 0 Å². The van der Waals surface area contributed by atoms with E-state index in [2.05, 4.69) is 0 Å². The van der Waals surface area contributed by atoms with Gasteiger partial charge in [0.15, 0.2) is 0 Å². The number of rotatable bonds is 4. The molecule has 0 radical (unpaired) electrons. The molecule has 0 saturated carbocycles. The molecular formula is C14H19ClFN3O2S. The van der Waals surface area contributed by atoms with E-state index in [1.807, 2.05) is 0 Å². The summed E-state index contributed by atoms with van der Waals surface area (Å²) in [4.78, 5) is -0.0335. The van der Waals surface area contributed by atoms with Crippen molar-refractivity contribution in [3.8, 4) is 6.07 Å². The SMILES string of the molecule is Cl.N#Cc1cc(S(=O)(=O)N2CCCC(CCN)C2)ccc1F. The van der Waals surface area contributed by atoms with Gasteiger partial charge in [-0.3, -0.25) is 0 Å². The van der Waals surface area contributed by atoms with Crippen LogP contribution in [0.15, 0.2) is 23.1 Å². The Morgan fingerprint density at radius 1 is 1.45 bits per heavy atom. The Bertz CT molecular complexity index is 659. The van der Waals surface area contributed by atoms with E-state index >= 15 is 0 Å². The Hall–Kier alpha value is -1.20. The summed E-state index contributed by atoms with van der Waals surface area (Å²) in [5.41, 5.74) is 5.28. The second-order valence-electron chi connectivity index (χ2n) is 5.20. The lowest BCUT2D eigenvalue weighted by Crippen LogP contribution is -2.40. The largest absolute Gasteiger partial charge is 0.330 e. The van der Waals surface area contributed by atoms with Gasteiger partial charge in [0.25, 0.3) is 0 Å². The van der Waals surface area contributed by atoms with Crippen LogP contribution < -0.4 is 5.73 Å². The lowest BCUT2D eigenvalue weighted by molar-refractivity contribution is 0.258. The molecule has 22 heavy (non-hydrogen) atoms. The molecule has 0 aromatic heterocycles. The minimum Gasteiger partial charge on any atom is -0.330 e. The van der Waals surface area contributed by atoms with Gasteiger partial charge in [-0.05, 0) is 49.9 Å². The summed E-state index contributed by atoms with van der Waals surface area (Å²) in [6.45, 7) is 1.41. The Morgan fingerprint density at radius 2 is 2.18 bits per heavy atom. The van der Waals surface area contributed by atoms with Gasteiger partial charge in [-0.1, -0.05) is 0 Å². The molecule has 0 bridgehead atoms. The van der Waals surface area contributed by atoms with Crippen molar-refractivity contribution in [3.05, 3.63) is 29.6 Å². The molecule has 1 saturated heterocycles. The molecule has 1 aliphatic heterocycles. The first-order valence-electron chi connectivity index (χ1n) is 6.89. The number of nitrogens with two attached hydrogens (primary N) is 1. The highest BCUT2D eigenvalue weighted by atomic mass is 35.5. The van der Waals surface area contributed by atoms with Gasteiger partial charge in [0, 0.05) is 13.1 Å². The Labute approximate surface area is 136 Å². The number of nitriles is 1. The lowest BCUT2D eigenvalue weighted by atomic mass is 9.96. The van der Waals surface area contributed by atoms with Gasteiger partial charge in [-0.15, -0.1) is 12.4 Å². The maximum absolute atomic E-state index is 13.3. The van der Waals surface area contributed by atoms with Crippen LogP contribution in [0.5, 0.6) is 0 Å². The van der Waals surface area contributed by atoms with E-state index in [1.54, 1.807) is 6.07 Å². The summed E-state index contributed by atoms with van der Waals surface area (Å²) in [5, 5.41) is 8.82. The predicted molar refractivity (Wildman–Crippen MR) is 83.5 cm³/mol. The fraction of sp³-hybridized carbons (Fsp3) is 0.500. The van der Waals surface area contributed by atoms with E-state index in [0.717, 1.165) is 31.4 Å². The third-order valence-electron chi connectivity index (χ3n) is 3.75. The zero-order valence-corrected chi connectivity index (χ0v) is 13.7. The number of halogens is 2. The summed E-state index contributed by atoms with van der Waals surface area (Å²) >= 11 is 0. The molecule has 1 heterocycles. The van der Waals surface area contributed by atoms with Crippen molar-refractivity contribution < 1.29 is 12.8 Å². The van der Waals surface area contributed by atoms with Gasteiger partial charge in [0.1, 0.15) is 11.9 Å². The highest BCUT2D eigenvalue weighted by Crippen LogP contribution is 2.26. The lowest BCUT2D eigenvalue weighted by Gasteiger charge is -2.31. The molecule has 0 aliphatic carbocycles. The van der Waals surface area contributed by atoms with Gasteiger partial charge in [0.05, 0.1) is 10.5 Å². The maximum Gasteiger partial charge on any atom is 0.243 e. The molecule has 5 nitrogen and oxygen atoms in total. The standard InChI is InChI=1S/C14H18FN3O2S.ClH/c15-14-4-3-13(8-12(14)9-17)21(19,20)18-7-1-2-11(10-18)5-6-16;/h3-4,8,11H,1-2,5-7,10,16H2;1H. The quantitative estimate of drug-likeness (QED) is 0.900. The van der Waals surface area contributed by atoms with Gasteiger partial charge in [0.2, 0.25) is 10.0 Å². The number of hydrogen-bond donors (Lipinski definition) is 1. The summed E-state index contributed by atoms with van der Waals surface area (Å²) in [6.07, 6.45) is 2.55. The molecule has 1 aromatic rings. The number of sulfonamides is 1. The van der Waals surface area contributed by atoms with Crippen LogP contribution in [0.2, 0.25) is 0 Å². The van der Waals surface area contributed by atoms with E-state index < -0.39 is 15.8 Å². The molecule has 0 amide bonds. The zero-order valence-electron chi connectivity index (χ0n) is 12.0. The summed E-state index contributed by atoms with van der Waals surface area (Å²) < 4.78 is 39.9. The first-order valence-corrected chi connectivity index (χ1v) is 8.33. The van der Waals surface area contributed by atoms with E-state index in [9.17, 15) is 12.8 Å². The average molecular weight is 348 g/mol. The van der Waals surface area contributed by atoms with Crippen LogP contribution in [0.3, 0.4) is 0 Å². The number of benzene rings is 1. The molecule has 122 valence electrons. The van der Waals surface area contributed by atoms with Crippen molar-refractivity contribution in [1.82, 2.24) is 4.31 Å². The van der Waals surface area contributed by atoms with Crippen LogP contribution >= 0.6 is 12.4 Å². The van der Waals surface area contributed by atoms with Gasteiger partial charge in [-0.25, -0.2) is 12.8 Å². The van der Waals surface area contributed by atoms with Crippen molar-refractivity contribution in [2.45, 2.75) is 24.2 Å². The molecule has 8 heteroatoms. The van der Waals surface area contributed by atoms with Crippen molar-refractivity contribution in [3.63, 3.8) is 0 Å². The average Bonchev–Trinajstić information content (AvgIpc) is 2.48. The summed E-state index contributed by atoms with van der Waals surface area (Å²) in [5.74, 6) is -0.453. The molecule has 1 unspecified atom stereocenters. The monoisotopic (exact) mass is 347 g/mol. The molecule has 2 rings (SSSR count). The summed E-state index contributed by atoms with van der Waals surface area (Å²) in [6, 6.07) is 4.99. The first kappa shape index (κ1) is 18.8. The zero-order chi connectivity index (χ0) is 15.5. The van der Waals surface area contributed by atoms with Gasteiger partial charge in [-0.2, -0.15) is 9.57 Å². The number of piperidine rings is 1. The smallest absolute Gasteiger partial charge is 0.243 e. The van der Waals surface area contributed by atoms with E-state index in [-0.39, 0.29) is 28.8 Å². The second kappa shape index (κ2) is 7.88. The van der Waals surface area contributed by atoms with Crippen LogP contribution in [0.4, 0.5) is 4.39 Å². The van der Waals surface area contributed by atoms with Crippen LogP contribution in [-0.2, 0) is 10.0 Å². The predicted octanol–water partition coefficient (Wildman–Crippen LogP) is 1.87. The Balaban J connectivity index is 0.00000242. The van der Waals surface area contributed by atoms with Crippen molar-refractivity contribution >= 4 is 22.4 Å². The fourth-order valence-electron chi connectivity index (χ4n) is 2.62. The van der Waals surface area contributed by atoms with Crippen LogP contribution in [0.1, 0.15) is 24.8 Å². The number of hydrogen-bond acceptors (Lipinski definition) is 4. The van der Waals surface area contributed by atoms with Crippen molar-refractivity contribution in [1.29, 1.82) is 5.26 Å². The van der Waals surface area contributed by atoms with Crippen molar-refractivity contribution in [2.24, 2.45) is 11.7 Å². The molecular weight excluding hydrogens is 329 g/mol. The van der Waals surface area contributed by atoms with E-state index in [4.69, 9.17) is 11.0 Å². The van der Waals surface area contributed by atoms with Gasteiger partial charge >= 0.3 is 0 Å². The van der Waals surface area contributed by atoms with Crippen molar-refractivity contribution in [2.75, 3.05) is 19.6 Å². The normalized spacial score (nSPS) is 19.2. The third kappa shape index (κ3) is 3.96. The maximum atomic E-state index is 13.3.